The maximum atomic E-state index is 11.0. The van der Waals surface area contributed by atoms with Crippen LogP contribution in [-0.4, -0.2) is 28.3 Å². The standard InChI is InChI=1S/C27H30ClN3O4/c1-27(2,18-6-10-21(11-7-18)33-17-20-14-15-30-25(28)31-20)19-8-12-22(13-9-19)34-23-4-3-5-24(16-23)35-26(29)32/h6-15,23-24H,3-5,16-17H2,1-2H3,(H2,29,32). The SMILES string of the molecule is CC(C)(c1ccc(OCc2ccnc(Cl)n2)cc1)c1ccc(OC2CCCC(OC(N)=O)C2)cc1. The summed E-state index contributed by atoms with van der Waals surface area (Å²) in [7, 11) is 0. The van der Waals surface area contributed by atoms with E-state index in [4.69, 9.17) is 31.5 Å². The van der Waals surface area contributed by atoms with Crippen LogP contribution in [0.3, 0.4) is 0 Å². The van der Waals surface area contributed by atoms with Gasteiger partial charge in [-0.25, -0.2) is 14.8 Å². The average Bonchev–Trinajstić information content (AvgIpc) is 2.83. The molecule has 0 saturated heterocycles. The number of carbonyl (C=O) groups is 1. The smallest absolute Gasteiger partial charge is 0.404 e. The Hall–Kier alpha value is -3.32. The van der Waals surface area contributed by atoms with Crippen molar-refractivity contribution in [2.24, 2.45) is 5.73 Å². The van der Waals surface area contributed by atoms with E-state index in [2.05, 4.69) is 48.1 Å². The molecular formula is C27H30ClN3O4. The van der Waals surface area contributed by atoms with E-state index in [0.29, 0.717) is 13.0 Å². The molecule has 1 fully saturated rings. The van der Waals surface area contributed by atoms with Crippen LogP contribution in [0.2, 0.25) is 5.28 Å². The third kappa shape index (κ3) is 6.63. The minimum atomic E-state index is -0.725. The van der Waals surface area contributed by atoms with Crippen LogP contribution in [0.1, 0.15) is 56.4 Å². The third-order valence-corrected chi connectivity index (χ3v) is 6.57. The Labute approximate surface area is 210 Å². The van der Waals surface area contributed by atoms with Crippen molar-refractivity contribution >= 4 is 17.7 Å². The number of aromatic nitrogens is 2. The zero-order valence-corrected chi connectivity index (χ0v) is 20.7. The van der Waals surface area contributed by atoms with Gasteiger partial charge in [0.05, 0.1) is 5.69 Å². The quantitative estimate of drug-likeness (QED) is 0.395. The summed E-state index contributed by atoms with van der Waals surface area (Å²) < 4.78 is 17.2. The largest absolute Gasteiger partial charge is 0.490 e. The number of primary amides is 1. The summed E-state index contributed by atoms with van der Waals surface area (Å²) in [6.45, 7) is 4.70. The van der Waals surface area contributed by atoms with E-state index < -0.39 is 6.09 Å². The van der Waals surface area contributed by atoms with Crippen molar-refractivity contribution in [3.05, 3.63) is 82.9 Å². The van der Waals surface area contributed by atoms with E-state index in [0.717, 1.165) is 36.5 Å². The van der Waals surface area contributed by atoms with Crippen LogP contribution in [0.5, 0.6) is 11.5 Å². The molecule has 1 aliphatic carbocycles. The first-order valence-corrected chi connectivity index (χ1v) is 12.1. The summed E-state index contributed by atoms with van der Waals surface area (Å²) >= 11 is 5.83. The minimum absolute atomic E-state index is 0.0119. The van der Waals surface area contributed by atoms with Gasteiger partial charge in [0.25, 0.3) is 0 Å². The molecule has 0 spiro atoms. The van der Waals surface area contributed by atoms with Crippen molar-refractivity contribution in [3.8, 4) is 11.5 Å². The molecule has 8 heteroatoms. The van der Waals surface area contributed by atoms with Crippen LogP contribution < -0.4 is 15.2 Å². The number of rotatable bonds is 8. The lowest BCUT2D eigenvalue weighted by molar-refractivity contribution is 0.0365. The lowest BCUT2D eigenvalue weighted by atomic mass is 9.78. The molecule has 35 heavy (non-hydrogen) atoms. The van der Waals surface area contributed by atoms with E-state index in [1.165, 1.54) is 11.1 Å². The molecule has 1 aliphatic rings. The fourth-order valence-corrected chi connectivity index (χ4v) is 4.53. The van der Waals surface area contributed by atoms with Crippen molar-refractivity contribution in [1.29, 1.82) is 0 Å². The Kier molecular flexibility index (Phi) is 7.76. The predicted molar refractivity (Wildman–Crippen MR) is 134 cm³/mol. The summed E-state index contributed by atoms with van der Waals surface area (Å²) in [6.07, 6.45) is 4.10. The zero-order chi connectivity index (χ0) is 24.8. The highest BCUT2D eigenvalue weighted by Gasteiger charge is 2.26. The molecule has 0 radical (unpaired) electrons. The molecule has 1 heterocycles. The second-order valence-corrected chi connectivity index (χ2v) is 9.58. The van der Waals surface area contributed by atoms with Crippen molar-refractivity contribution in [2.45, 2.75) is 63.8 Å². The number of hydrogen-bond donors (Lipinski definition) is 1. The highest BCUT2D eigenvalue weighted by molar-refractivity contribution is 6.28. The fourth-order valence-electron chi connectivity index (χ4n) is 4.36. The molecule has 4 rings (SSSR count). The van der Waals surface area contributed by atoms with Crippen LogP contribution in [0.15, 0.2) is 60.8 Å². The average molecular weight is 496 g/mol. The van der Waals surface area contributed by atoms with Crippen molar-refractivity contribution < 1.29 is 19.0 Å². The highest BCUT2D eigenvalue weighted by atomic mass is 35.5. The Balaban J connectivity index is 1.36. The van der Waals surface area contributed by atoms with Crippen molar-refractivity contribution in [1.82, 2.24) is 9.97 Å². The van der Waals surface area contributed by atoms with Crippen LogP contribution in [0.4, 0.5) is 4.79 Å². The van der Waals surface area contributed by atoms with E-state index >= 15 is 0 Å². The molecule has 1 amide bonds. The van der Waals surface area contributed by atoms with E-state index in [-0.39, 0.29) is 22.9 Å². The van der Waals surface area contributed by atoms with Gasteiger partial charge < -0.3 is 19.9 Å². The number of amides is 1. The zero-order valence-electron chi connectivity index (χ0n) is 19.9. The van der Waals surface area contributed by atoms with Crippen LogP contribution in [0.25, 0.3) is 0 Å². The Morgan fingerprint density at radius 1 is 1.00 bits per heavy atom. The summed E-state index contributed by atoms with van der Waals surface area (Å²) in [5, 5.41) is 0.208. The molecule has 3 aromatic rings. The number of nitrogens with two attached hydrogens (primary N) is 1. The summed E-state index contributed by atoms with van der Waals surface area (Å²) in [6, 6.07) is 18.0. The third-order valence-electron chi connectivity index (χ3n) is 6.39. The number of halogens is 1. The van der Waals surface area contributed by atoms with Gasteiger partial charge in [0.1, 0.15) is 30.3 Å². The lowest BCUT2D eigenvalue weighted by Crippen LogP contribution is -2.33. The number of hydrogen-bond acceptors (Lipinski definition) is 6. The maximum absolute atomic E-state index is 11.0. The van der Waals surface area contributed by atoms with Crippen molar-refractivity contribution in [3.63, 3.8) is 0 Å². The first-order valence-electron chi connectivity index (χ1n) is 11.7. The normalized spacial score (nSPS) is 18.0. The van der Waals surface area contributed by atoms with Gasteiger partial charge in [0.15, 0.2) is 0 Å². The van der Waals surface area contributed by atoms with E-state index in [1.807, 2.05) is 24.3 Å². The van der Waals surface area contributed by atoms with Crippen molar-refractivity contribution in [2.75, 3.05) is 0 Å². The Morgan fingerprint density at radius 3 is 2.26 bits per heavy atom. The predicted octanol–water partition coefficient (Wildman–Crippen LogP) is 5.82. The first kappa shape index (κ1) is 24.8. The molecule has 1 saturated carbocycles. The van der Waals surface area contributed by atoms with Gasteiger partial charge in [0.2, 0.25) is 5.28 Å². The molecule has 2 atom stereocenters. The second-order valence-electron chi connectivity index (χ2n) is 9.24. The summed E-state index contributed by atoms with van der Waals surface area (Å²) in [5.74, 6) is 1.57. The lowest BCUT2D eigenvalue weighted by Gasteiger charge is -2.29. The number of benzene rings is 2. The molecule has 2 N–H and O–H groups in total. The molecule has 2 aromatic carbocycles. The van der Waals surface area contributed by atoms with Crippen LogP contribution >= 0.6 is 11.6 Å². The number of carbonyl (C=O) groups excluding carboxylic acids is 1. The van der Waals surface area contributed by atoms with Gasteiger partial charge >= 0.3 is 6.09 Å². The topological polar surface area (TPSA) is 96.6 Å². The second kappa shape index (κ2) is 11.0. The van der Waals surface area contributed by atoms with Gasteiger partial charge in [0, 0.05) is 18.0 Å². The molecule has 0 aliphatic heterocycles. The molecule has 7 nitrogen and oxygen atoms in total. The maximum Gasteiger partial charge on any atom is 0.404 e. The van der Waals surface area contributed by atoms with Gasteiger partial charge in [-0.05, 0) is 72.3 Å². The molecule has 184 valence electrons. The molecule has 2 unspecified atom stereocenters. The van der Waals surface area contributed by atoms with Gasteiger partial charge in [-0.2, -0.15) is 0 Å². The number of nitrogens with zero attached hydrogens (tertiary/aromatic N) is 2. The molecular weight excluding hydrogens is 466 g/mol. The molecule has 0 bridgehead atoms. The Bertz CT molecular complexity index is 1140. The van der Waals surface area contributed by atoms with E-state index in [1.54, 1.807) is 12.3 Å². The summed E-state index contributed by atoms with van der Waals surface area (Å²) in [4.78, 5) is 19.1. The highest BCUT2D eigenvalue weighted by Crippen LogP contribution is 2.34. The number of ether oxygens (including phenoxy) is 3. The van der Waals surface area contributed by atoms with E-state index in [9.17, 15) is 4.79 Å². The molecule has 1 aromatic heterocycles. The van der Waals surface area contributed by atoms with Crippen LogP contribution in [0, 0.1) is 0 Å². The van der Waals surface area contributed by atoms with Gasteiger partial charge in [-0.3, -0.25) is 0 Å². The minimum Gasteiger partial charge on any atom is -0.490 e. The summed E-state index contributed by atoms with van der Waals surface area (Å²) in [5.41, 5.74) is 8.02. The van der Waals surface area contributed by atoms with Crippen LogP contribution in [-0.2, 0) is 16.8 Å². The van der Waals surface area contributed by atoms with Gasteiger partial charge in [-0.1, -0.05) is 38.1 Å². The first-order chi connectivity index (χ1) is 16.8. The Morgan fingerprint density at radius 2 is 1.63 bits per heavy atom. The monoisotopic (exact) mass is 495 g/mol. The fraction of sp³-hybridized carbons (Fsp3) is 0.370. The van der Waals surface area contributed by atoms with Gasteiger partial charge in [-0.15, -0.1) is 0 Å².